The van der Waals surface area contributed by atoms with Crippen molar-refractivity contribution in [1.29, 1.82) is 0 Å². The quantitative estimate of drug-likeness (QED) is 0.670. The van der Waals surface area contributed by atoms with Gasteiger partial charge >= 0.3 is 0 Å². The van der Waals surface area contributed by atoms with Crippen LogP contribution in [0.1, 0.15) is 28.9 Å². The number of carbonyl (C=O) groups is 2. The molecule has 0 saturated carbocycles. The van der Waals surface area contributed by atoms with Gasteiger partial charge < -0.3 is 20.1 Å². The molecule has 20 heavy (non-hydrogen) atoms. The lowest BCUT2D eigenvalue weighted by Gasteiger charge is -2.20. The monoisotopic (exact) mass is 300 g/mol. The fraction of sp³-hybridized carbons (Fsp3) is 0.385. The number of phenolic OH excluding ortho intramolecular Hbond substituents is 1. The molecule has 0 radical (unpaired) electrons. The summed E-state index contributed by atoms with van der Waals surface area (Å²) in [6, 6.07) is 2.75. The number of thioether (sulfide) groups is 1. The van der Waals surface area contributed by atoms with E-state index in [9.17, 15) is 24.9 Å². The minimum Gasteiger partial charge on any atom is -0.504 e. The molecule has 1 aromatic rings. The lowest BCUT2D eigenvalue weighted by Crippen LogP contribution is -2.22. The summed E-state index contributed by atoms with van der Waals surface area (Å²) in [4.78, 5) is 21.8. The van der Waals surface area contributed by atoms with Gasteiger partial charge in [0, 0.05) is 23.8 Å². The highest BCUT2D eigenvalue weighted by atomic mass is 32.2. The molecule has 2 unspecified atom stereocenters. The molecule has 3 N–H and O–H groups in total. The Labute approximate surface area is 120 Å². The first-order valence-corrected chi connectivity index (χ1v) is 6.75. The van der Waals surface area contributed by atoms with Crippen molar-refractivity contribution in [2.45, 2.75) is 19.1 Å². The largest absolute Gasteiger partial charge is 0.504 e. The first-order valence-electron chi connectivity index (χ1n) is 5.76. The molecule has 0 aromatic heterocycles. The maximum Gasteiger partial charge on any atom is 0.185 e. The fourth-order valence-electron chi connectivity index (χ4n) is 1.67. The Balaban J connectivity index is 3.09. The van der Waals surface area contributed by atoms with Crippen molar-refractivity contribution in [2.75, 3.05) is 12.9 Å². The topological polar surface area (TPSA) is 104 Å². The van der Waals surface area contributed by atoms with Crippen LogP contribution in [-0.4, -0.2) is 45.7 Å². The van der Waals surface area contributed by atoms with Gasteiger partial charge in [-0.3, -0.25) is 9.59 Å². The van der Waals surface area contributed by atoms with Crippen LogP contribution in [0, 0.1) is 0 Å². The predicted octanol–water partition coefficient (Wildman–Crippen LogP) is 0.887. The molecule has 110 valence electrons. The summed E-state index contributed by atoms with van der Waals surface area (Å²) in [6.45, 7) is 1.34. The zero-order chi connectivity index (χ0) is 15.3. The van der Waals surface area contributed by atoms with Gasteiger partial charge in [0.2, 0.25) is 0 Å². The molecule has 0 aliphatic heterocycles. The summed E-state index contributed by atoms with van der Waals surface area (Å²) in [7, 11) is 1.33. The number of aliphatic hydroxyl groups excluding tert-OH is 2. The first kappa shape index (κ1) is 16.5. The van der Waals surface area contributed by atoms with E-state index in [-0.39, 0.29) is 27.7 Å². The number of aliphatic hydroxyl groups is 2. The SMILES string of the molecule is COc1ccc(C=O)c(C(O)C(O)CSC(C)=O)c1O. The van der Waals surface area contributed by atoms with Crippen molar-refractivity contribution >= 4 is 23.2 Å². The van der Waals surface area contributed by atoms with E-state index in [1.165, 1.54) is 26.2 Å². The fourth-order valence-corrected chi connectivity index (χ4v) is 2.26. The highest BCUT2D eigenvalue weighted by Gasteiger charge is 2.26. The normalized spacial score (nSPS) is 13.6. The van der Waals surface area contributed by atoms with Crippen LogP contribution in [0.25, 0.3) is 0 Å². The van der Waals surface area contributed by atoms with Crippen LogP contribution in [0.5, 0.6) is 11.5 Å². The molecule has 0 saturated heterocycles. The molecule has 0 spiro atoms. The van der Waals surface area contributed by atoms with Crippen LogP contribution in [-0.2, 0) is 4.79 Å². The highest BCUT2D eigenvalue weighted by Crippen LogP contribution is 2.37. The Morgan fingerprint density at radius 3 is 2.60 bits per heavy atom. The van der Waals surface area contributed by atoms with E-state index in [0.29, 0.717) is 6.29 Å². The molecule has 6 nitrogen and oxygen atoms in total. The van der Waals surface area contributed by atoms with Gasteiger partial charge in [0.15, 0.2) is 22.9 Å². The van der Waals surface area contributed by atoms with Gasteiger partial charge in [0.1, 0.15) is 6.10 Å². The van der Waals surface area contributed by atoms with Gasteiger partial charge in [-0.1, -0.05) is 11.8 Å². The summed E-state index contributed by atoms with van der Waals surface area (Å²) in [5, 5.41) is 29.7. The smallest absolute Gasteiger partial charge is 0.185 e. The first-order chi connectivity index (χ1) is 9.42. The van der Waals surface area contributed by atoms with Crippen molar-refractivity contribution in [1.82, 2.24) is 0 Å². The van der Waals surface area contributed by atoms with Crippen molar-refractivity contribution in [3.63, 3.8) is 0 Å². The van der Waals surface area contributed by atoms with E-state index in [0.717, 1.165) is 11.8 Å². The standard InChI is InChI=1S/C13H16O6S/c1-7(15)20-6-9(16)12(17)11-8(5-14)3-4-10(19-2)13(11)18/h3-5,9,12,16-18H,6H2,1-2H3. The number of rotatable bonds is 6. The van der Waals surface area contributed by atoms with Crippen LogP contribution < -0.4 is 4.74 Å². The molecule has 1 aromatic carbocycles. The Bertz CT molecular complexity index is 502. The van der Waals surface area contributed by atoms with Gasteiger partial charge in [-0.05, 0) is 12.1 Å². The molecule has 0 amide bonds. The molecule has 2 atom stereocenters. The number of aromatic hydroxyl groups is 1. The second-order valence-electron chi connectivity index (χ2n) is 4.05. The summed E-state index contributed by atoms with van der Waals surface area (Å²) in [5.74, 6) is -0.376. The van der Waals surface area contributed by atoms with E-state index in [4.69, 9.17) is 4.74 Å². The molecule has 0 aliphatic rings. The number of benzene rings is 1. The molecule has 0 fully saturated rings. The van der Waals surface area contributed by atoms with Crippen molar-refractivity contribution in [3.05, 3.63) is 23.3 Å². The van der Waals surface area contributed by atoms with Crippen LogP contribution in [0.15, 0.2) is 12.1 Å². The van der Waals surface area contributed by atoms with Crippen LogP contribution in [0.4, 0.5) is 0 Å². The second-order valence-corrected chi connectivity index (χ2v) is 5.25. The number of hydrogen-bond acceptors (Lipinski definition) is 7. The second kappa shape index (κ2) is 7.28. The molecule has 0 bridgehead atoms. The Hall–Kier alpha value is -1.57. The number of methoxy groups -OCH3 is 1. The van der Waals surface area contributed by atoms with Gasteiger partial charge in [-0.2, -0.15) is 0 Å². The maximum absolute atomic E-state index is 11.0. The Kier molecular flexibility index (Phi) is 6.00. The molecule has 0 heterocycles. The minimum atomic E-state index is -1.50. The minimum absolute atomic E-state index is 0.0441. The Morgan fingerprint density at radius 1 is 1.45 bits per heavy atom. The van der Waals surface area contributed by atoms with Crippen LogP contribution >= 0.6 is 11.8 Å². The van der Waals surface area contributed by atoms with Crippen molar-refractivity contribution in [3.8, 4) is 11.5 Å². The van der Waals surface area contributed by atoms with E-state index >= 15 is 0 Å². The van der Waals surface area contributed by atoms with E-state index < -0.39 is 18.0 Å². The van der Waals surface area contributed by atoms with Gasteiger partial charge in [-0.15, -0.1) is 0 Å². The summed E-state index contributed by atoms with van der Waals surface area (Å²) >= 11 is 0.842. The molecular formula is C13H16O6S. The highest BCUT2D eigenvalue weighted by molar-refractivity contribution is 8.13. The third-order valence-corrected chi connectivity index (χ3v) is 3.59. The van der Waals surface area contributed by atoms with Gasteiger partial charge in [0.05, 0.1) is 13.2 Å². The molecular weight excluding hydrogens is 284 g/mol. The maximum atomic E-state index is 11.0. The average molecular weight is 300 g/mol. The number of aldehydes is 1. The number of phenols is 1. The Morgan fingerprint density at radius 2 is 2.10 bits per heavy atom. The number of ether oxygens (including phenoxy) is 1. The van der Waals surface area contributed by atoms with Crippen LogP contribution in [0.2, 0.25) is 0 Å². The van der Waals surface area contributed by atoms with E-state index in [1.54, 1.807) is 0 Å². The van der Waals surface area contributed by atoms with E-state index in [1.807, 2.05) is 0 Å². The van der Waals surface area contributed by atoms with Crippen LogP contribution in [0.3, 0.4) is 0 Å². The average Bonchev–Trinajstić information content (AvgIpc) is 2.43. The third kappa shape index (κ3) is 3.72. The third-order valence-electron chi connectivity index (χ3n) is 2.68. The summed E-state index contributed by atoms with van der Waals surface area (Å²) < 4.78 is 4.90. The van der Waals surface area contributed by atoms with E-state index in [2.05, 4.69) is 0 Å². The lowest BCUT2D eigenvalue weighted by molar-refractivity contribution is -0.109. The summed E-state index contributed by atoms with van der Waals surface area (Å²) in [6.07, 6.45) is -2.35. The van der Waals surface area contributed by atoms with Crippen molar-refractivity contribution < 1.29 is 29.6 Å². The van der Waals surface area contributed by atoms with Crippen molar-refractivity contribution in [2.24, 2.45) is 0 Å². The zero-order valence-corrected chi connectivity index (χ0v) is 11.9. The zero-order valence-electron chi connectivity index (χ0n) is 11.1. The lowest BCUT2D eigenvalue weighted by atomic mass is 9.98. The molecule has 0 aliphatic carbocycles. The molecule has 1 rings (SSSR count). The summed E-state index contributed by atoms with van der Waals surface area (Å²) in [5.41, 5.74) is -0.0707. The van der Waals surface area contributed by atoms with Gasteiger partial charge in [-0.25, -0.2) is 0 Å². The predicted molar refractivity (Wildman–Crippen MR) is 74.2 cm³/mol. The van der Waals surface area contributed by atoms with Gasteiger partial charge in [0.25, 0.3) is 0 Å². The number of carbonyl (C=O) groups excluding carboxylic acids is 2. The number of hydrogen-bond donors (Lipinski definition) is 3. The molecule has 7 heteroatoms.